The van der Waals surface area contributed by atoms with E-state index in [-0.39, 0.29) is 11.4 Å². The molecule has 0 aliphatic rings. The van der Waals surface area contributed by atoms with Crippen molar-refractivity contribution in [3.63, 3.8) is 0 Å². The summed E-state index contributed by atoms with van der Waals surface area (Å²) in [7, 11) is 1.38. The molecular weight excluding hydrogens is 206 g/mol. The van der Waals surface area contributed by atoms with Gasteiger partial charge in [-0.1, -0.05) is 18.5 Å². The molecular formula is C9H10ClNO3. The summed E-state index contributed by atoms with van der Waals surface area (Å²) >= 11 is 5.88. The van der Waals surface area contributed by atoms with E-state index in [2.05, 4.69) is 0 Å². The summed E-state index contributed by atoms with van der Waals surface area (Å²) in [6, 6.07) is 2.92. The quantitative estimate of drug-likeness (QED) is 0.576. The Bertz CT molecular complexity index is 365. The fraction of sp³-hybridized carbons (Fsp3) is 0.333. The zero-order valence-electron chi connectivity index (χ0n) is 7.91. The van der Waals surface area contributed by atoms with Crippen molar-refractivity contribution in [3.8, 4) is 5.75 Å². The van der Waals surface area contributed by atoms with Gasteiger partial charge >= 0.3 is 5.69 Å². The number of nitro benzene ring substituents is 1. The van der Waals surface area contributed by atoms with E-state index in [4.69, 9.17) is 16.3 Å². The lowest BCUT2D eigenvalue weighted by molar-refractivity contribution is -0.385. The zero-order chi connectivity index (χ0) is 10.7. The molecule has 0 aromatic heterocycles. The molecule has 0 spiro atoms. The first-order valence-electron chi connectivity index (χ1n) is 4.11. The molecule has 0 bridgehead atoms. The van der Waals surface area contributed by atoms with Crippen molar-refractivity contribution in [1.29, 1.82) is 0 Å². The Kier molecular flexibility index (Phi) is 3.30. The Morgan fingerprint density at radius 3 is 2.64 bits per heavy atom. The van der Waals surface area contributed by atoms with Crippen LogP contribution in [0.4, 0.5) is 5.69 Å². The third-order valence-corrected chi connectivity index (χ3v) is 2.28. The highest BCUT2D eigenvalue weighted by Crippen LogP contribution is 2.32. The van der Waals surface area contributed by atoms with Crippen LogP contribution in [0.15, 0.2) is 12.1 Å². The van der Waals surface area contributed by atoms with E-state index in [9.17, 15) is 10.1 Å². The number of ether oxygens (including phenoxy) is 1. The number of hydrogen-bond acceptors (Lipinski definition) is 3. The molecule has 14 heavy (non-hydrogen) atoms. The number of halogens is 1. The van der Waals surface area contributed by atoms with E-state index in [1.54, 1.807) is 0 Å². The van der Waals surface area contributed by atoms with Gasteiger partial charge in [0.25, 0.3) is 0 Å². The average Bonchev–Trinajstić information content (AvgIpc) is 2.16. The molecule has 0 unspecified atom stereocenters. The minimum Gasteiger partial charge on any atom is -0.490 e. The van der Waals surface area contributed by atoms with Gasteiger partial charge < -0.3 is 4.74 Å². The Morgan fingerprint density at radius 2 is 2.21 bits per heavy atom. The third kappa shape index (κ3) is 1.96. The summed E-state index contributed by atoms with van der Waals surface area (Å²) in [6.07, 6.45) is 0.656. The first kappa shape index (κ1) is 10.8. The van der Waals surface area contributed by atoms with Crippen molar-refractivity contribution in [3.05, 3.63) is 32.8 Å². The van der Waals surface area contributed by atoms with Crippen LogP contribution in [0.3, 0.4) is 0 Å². The predicted molar refractivity (Wildman–Crippen MR) is 54.0 cm³/mol. The lowest BCUT2D eigenvalue weighted by Crippen LogP contribution is -1.95. The fourth-order valence-corrected chi connectivity index (χ4v) is 1.45. The first-order valence-corrected chi connectivity index (χ1v) is 4.48. The van der Waals surface area contributed by atoms with Crippen LogP contribution in [-0.4, -0.2) is 12.0 Å². The van der Waals surface area contributed by atoms with Crippen molar-refractivity contribution in [2.75, 3.05) is 7.11 Å². The third-order valence-electron chi connectivity index (χ3n) is 1.93. The van der Waals surface area contributed by atoms with Gasteiger partial charge in [0.15, 0.2) is 5.75 Å². The highest BCUT2D eigenvalue weighted by Gasteiger charge is 2.17. The zero-order valence-corrected chi connectivity index (χ0v) is 8.67. The van der Waals surface area contributed by atoms with Crippen LogP contribution >= 0.6 is 11.6 Å². The van der Waals surface area contributed by atoms with Gasteiger partial charge in [-0.05, 0) is 12.0 Å². The lowest BCUT2D eigenvalue weighted by atomic mass is 10.1. The van der Waals surface area contributed by atoms with E-state index in [1.165, 1.54) is 19.2 Å². The molecule has 0 atom stereocenters. The number of rotatable bonds is 3. The van der Waals surface area contributed by atoms with Crippen LogP contribution in [-0.2, 0) is 6.42 Å². The molecule has 1 aromatic rings. The summed E-state index contributed by atoms with van der Waals surface area (Å²) in [5, 5.41) is 11.1. The second kappa shape index (κ2) is 4.28. The number of benzene rings is 1. The summed E-state index contributed by atoms with van der Waals surface area (Å²) < 4.78 is 4.86. The van der Waals surface area contributed by atoms with Crippen LogP contribution in [0.5, 0.6) is 5.75 Å². The second-order valence-electron chi connectivity index (χ2n) is 2.73. The number of nitrogens with zero attached hydrogens (tertiary/aromatic N) is 1. The molecule has 0 amide bonds. The molecule has 0 radical (unpaired) electrons. The van der Waals surface area contributed by atoms with Gasteiger partial charge in [0.1, 0.15) is 0 Å². The summed E-state index contributed by atoms with van der Waals surface area (Å²) in [6.45, 7) is 1.89. The van der Waals surface area contributed by atoms with Gasteiger partial charge in [-0.3, -0.25) is 10.1 Å². The number of methoxy groups -OCH3 is 1. The number of aryl methyl sites for hydroxylation is 1. The molecule has 4 nitrogen and oxygen atoms in total. The van der Waals surface area contributed by atoms with Crippen LogP contribution < -0.4 is 4.74 Å². The maximum absolute atomic E-state index is 10.6. The minimum atomic E-state index is -0.478. The maximum Gasteiger partial charge on any atom is 0.311 e. The Hall–Kier alpha value is -1.29. The van der Waals surface area contributed by atoms with Crippen LogP contribution in [0.2, 0.25) is 5.02 Å². The monoisotopic (exact) mass is 215 g/mol. The predicted octanol–water partition coefficient (Wildman–Crippen LogP) is 2.82. The molecule has 0 saturated carbocycles. The van der Waals surface area contributed by atoms with Crippen molar-refractivity contribution in [2.24, 2.45) is 0 Å². The van der Waals surface area contributed by atoms with E-state index in [1.807, 2.05) is 6.92 Å². The molecule has 1 rings (SSSR count). The van der Waals surface area contributed by atoms with Gasteiger partial charge in [-0.2, -0.15) is 0 Å². The van der Waals surface area contributed by atoms with Gasteiger partial charge in [-0.15, -0.1) is 0 Å². The Morgan fingerprint density at radius 1 is 1.57 bits per heavy atom. The largest absolute Gasteiger partial charge is 0.490 e. The van der Waals surface area contributed by atoms with E-state index >= 15 is 0 Å². The van der Waals surface area contributed by atoms with Crippen molar-refractivity contribution in [2.45, 2.75) is 13.3 Å². The molecule has 0 aliphatic carbocycles. The first-order chi connectivity index (χ1) is 6.60. The van der Waals surface area contributed by atoms with Gasteiger partial charge in [-0.25, -0.2) is 0 Å². The molecule has 0 heterocycles. The van der Waals surface area contributed by atoms with E-state index < -0.39 is 4.92 Å². The number of hydrogen-bond donors (Lipinski definition) is 0. The second-order valence-corrected chi connectivity index (χ2v) is 3.13. The molecule has 0 N–H and O–H groups in total. The van der Waals surface area contributed by atoms with Crippen LogP contribution in [0.1, 0.15) is 12.5 Å². The summed E-state index contributed by atoms with van der Waals surface area (Å²) in [4.78, 5) is 10.2. The smallest absolute Gasteiger partial charge is 0.311 e. The van der Waals surface area contributed by atoms with E-state index in [0.717, 1.165) is 5.56 Å². The molecule has 1 aromatic carbocycles. The van der Waals surface area contributed by atoms with Crippen LogP contribution in [0.25, 0.3) is 0 Å². The van der Waals surface area contributed by atoms with Gasteiger partial charge in [0, 0.05) is 17.2 Å². The topological polar surface area (TPSA) is 52.4 Å². The average molecular weight is 216 g/mol. The van der Waals surface area contributed by atoms with Crippen molar-refractivity contribution >= 4 is 17.3 Å². The molecule has 0 aliphatic heterocycles. The molecule has 0 fully saturated rings. The van der Waals surface area contributed by atoms with Crippen molar-refractivity contribution in [1.82, 2.24) is 0 Å². The lowest BCUT2D eigenvalue weighted by Gasteiger charge is -2.05. The SMILES string of the molecule is CCc1cc([N+](=O)[O-])c(OC)cc1Cl. The molecule has 76 valence electrons. The molecule has 0 saturated heterocycles. The summed E-state index contributed by atoms with van der Waals surface area (Å²) in [5.74, 6) is 0.192. The number of nitro groups is 1. The normalized spacial score (nSPS) is 9.93. The van der Waals surface area contributed by atoms with Crippen molar-refractivity contribution < 1.29 is 9.66 Å². The maximum atomic E-state index is 10.6. The summed E-state index contributed by atoms with van der Waals surface area (Å²) in [5.41, 5.74) is 0.702. The standard InChI is InChI=1S/C9H10ClNO3/c1-3-6-4-8(11(12)13)9(14-2)5-7(6)10/h4-5H,3H2,1-2H3. The van der Waals surface area contributed by atoms with Gasteiger partial charge in [0.05, 0.1) is 12.0 Å². The van der Waals surface area contributed by atoms with E-state index in [0.29, 0.717) is 11.4 Å². The minimum absolute atomic E-state index is 0.0475. The highest BCUT2D eigenvalue weighted by molar-refractivity contribution is 6.31. The highest BCUT2D eigenvalue weighted by atomic mass is 35.5. The fourth-order valence-electron chi connectivity index (χ4n) is 1.16. The Balaban J connectivity index is 3.32. The molecule has 5 heteroatoms. The van der Waals surface area contributed by atoms with Gasteiger partial charge in [0.2, 0.25) is 0 Å². The Labute approximate surface area is 86.6 Å². The van der Waals surface area contributed by atoms with Crippen LogP contribution in [0, 0.1) is 10.1 Å².